The van der Waals surface area contributed by atoms with E-state index in [1.54, 1.807) is 4.57 Å². The van der Waals surface area contributed by atoms with E-state index in [4.69, 9.17) is 12.4 Å². The first-order valence-electron chi connectivity index (χ1n) is 10.7. The Hall–Kier alpha value is -2.79. The number of nitrogens with zero attached hydrogens (tertiary/aromatic N) is 5. The maximum atomic E-state index is 12.7. The van der Waals surface area contributed by atoms with Crippen molar-refractivity contribution in [2.24, 2.45) is 5.92 Å². The number of aryl methyl sites for hydroxylation is 1. The van der Waals surface area contributed by atoms with Gasteiger partial charge in [0.2, 0.25) is 6.54 Å². The zero-order valence-electron chi connectivity index (χ0n) is 18.0. The number of anilines is 1. The molecule has 160 valence electrons. The Bertz CT molecular complexity index is 1120. The number of nitrogen functional groups attached to an aromatic ring is 1. The van der Waals surface area contributed by atoms with Crippen LogP contribution in [-0.4, -0.2) is 53.4 Å². The summed E-state index contributed by atoms with van der Waals surface area (Å²) >= 11 is 0. The second kappa shape index (κ2) is 7.80. The topological polar surface area (TPSA) is 80.9 Å². The molecule has 0 radical (unpaired) electrons. The van der Waals surface area contributed by atoms with E-state index in [1.165, 1.54) is 0 Å². The lowest BCUT2D eigenvalue weighted by atomic mass is 9.99. The summed E-state index contributed by atoms with van der Waals surface area (Å²) in [5.41, 5.74) is 1.94. The van der Waals surface area contributed by atoms with Gasteiger partial charge in [0.25, 0.3) is 5.56 Å². The van der Waals surface area contributed by atoms with Crippen LogP contribution in [0.4, 0.5) is 5.69 Å². The van der Waals surface area contributed by atoms with E-state index >= 15 is 0 Å². The molecule has 2 heterocycles. The van der Waals surface area contributed by atoms with Gasteiger partial charge in [-0.1, -0.05) is 0 Å². The van der Waals surface area contributed by atoms with Gasteiger partial charge in [0.1, 0.15) is 0 Å². The van der Waals surface area contributed by atoms with Crippen LogP contribution in [0.1, 0.15) is 37.8 Å². The molecule has 30 heavy (non-hydrogen) atoms. The van der Waals surface area contributed by atoms with Gasteiger partial charge in [0.15, 0.2) is 0 Å². The zero-order chi connectivity index (χ0) is 21.6. The second-order valence-electron chi connectivity index (χ2n) is 8.76. The van der Waals surface area contributed by atoms with Gasteiger partial charge >= 0.3 is 5.69 Å². The Morgan fingerprint density at radius 3 is 2.70 bits per heavy atom. The van der Waals surface area contributed by atoms with Crippen molar-refractivity contribution in [1.29, 1.82) is 0 Å². The first-order chi connectivity index (χ1) is 14.3. The van der Waals surface area contributed by atoms with Gasteiger partial charge in [-0.3, -0.25) is 14.3 Å². The second-order valence-corrected chi connectivity index (χ2v) is 8.76. The molecule has 2 aromatic rings. The minimum atomic E-state index is -0.434. The number of fused-ring (bicyclic) bond motifs is 1. The van der Waals surface area contributed by atoms with Gasteiger partial charge in [-0.15, -0.1) is 0 Å². The summed E-state index contributed by atoms with van der Waals surface area (Å²) in [6.45, 7) is 14.4. The summed E-state index contributed by atoms with van der Waals surface area (Å²) in [6, 6.07) is 4.34. The molecule has 4 rings (SSSR count). The van der Waals surface area contributed by atoms with Crippen LogP contribution >= 0.6 is 0 Å². The van der Waals surface area contributed by atoms with Crippen molar-refractivity contribution in [3.8, 4) is 0 Å². The molecule has 0 amide bonds. The van der Waals surface area contributed by atoms with Crippen molar-refractivity contribution in [2.75, 3.05) is 44.0 Å². The number of benzene rings is 1. The first kappa shape index (κ1) is 20.5. The summed E-state index contributed by atoms with van der Waals surface area (Å²) < 4.78 is 2.47. The number of aromatic nitrogens is 2. The van der Waals surface area contributed by atoms with Crippen LogP contribution in [0.15, 0.2) is 21.7 Å². The number of hydrogen-bond acceptors (Lipinski definition) is 5. The molecule has 1 aromatic carbocycles. The fraction of sp³-hybridized carbons (Fsp3) is 0.591. The van der Waals surface area contributed by atoms with Gasteiger partial charge in [0, 0.05) is 30.9 Å². The average molecular weight is 411 g/mol. The molecule has 0 spiro atoms. The number of rotatable bonds is 6. The van der Waals surface area contributed by atoms with E-state index in [0.29, 0.717) is 23.9 Å². The third kappa shape index (κ3) is 3.37. The molecular weight excluding hydrogens is 380 g/mol. The zero-order valence-corrected chi connectivity index (χ0v) is 18.0. The van der Waals surface area contributed by atoms with E-state index in [0.717, 1.165) is 60.3 Å². The molecule has 1 aromatic heterocycles. The Balaban J connectivity index is 1.68. The molecule has 2 atom stereocenters. The molecule has 2 N–H and O–H groups in total. The van der Waals surface area contributed by atoms with Gasteiger partial charge < -0.3 is 15.6 Å². The predicted molar refractivity (Wildman–Crippen MR) is 120 cm³/mol. The predicted octanol–water partition coefficient (Wildman–Crippen LogP) is 1.59. The smallest absolute Gasteiger partial charge is 0.350 e. The largest absolute Gasteiger partial charge is 0.371 e. The molecule has 2 aliphatic rings. The van der Waals surface area contributed by atoms with Gasteiger partial charge in [-0.25, -0.2) is 11.4 Å². The minimum Gasteiger partial charge on any atom is -0.371 e. The molecule has 8 nitrogen and oxygen atoms in total. The highest BCUT2D eigenvalue weighted by Crippen LogP contribution is 2.38. The highest BCUT2D eigenvalue weighted by molar-refractivity contribution is 5.87. The van der Waals surface area contributed by atoms with E-state index < -0.39 is 11.2 Å². The maximum absolute atomic E-state index is 12.7. The maximum Gasteiger partial charge on any atom is 0.350 e. The fourth-order valence-electron chi connectivity index (χ4n) is 4.79. The van der Waals surface area contributed by atoms with E-state index in [2.05, 4.69) is 28.6 Å². The first-order valence-corrected chi connectivity index (χ1v) is 10.7. The van der Waals surface area contributed by atoms with Crippen molar-refractivity contribution in [1.82, 2.24) is 14.1 Å². The Morgan fingerprint density at radius 1 is 1.30 bits per heavy atom. The van der Waals surface area contributed by atoms with E-state index in [1.807, 2.05) is 19.1 Å². The van der Waals surface area contributed by atoms with Crippen LogP contribution in [0.3, 0.4) is 0 Å². The summed E-state index contributed by atoms with van der Waals surface area (Å²) in [4.78, 5) is 33.5. The molecule has 1 aliphatic heterocycles. The van der Waals surface area contributed by atoms with Crippen molar-refractivity contribution in [2.45, 2.75) is 45.2 Å². The monoisotopic (exact) mass is 410 g/mol. The molecule has 8 heteroatoms. The average Bonchev–Trinajstić information content (AvgIpc) is 3.46. The van der Waals surface area contributed by atoms with Crippen LogP contribution in [0.5, 0.6) is 0 Å². The summed E-state index contributed by atoms with van der Waals surface area (Å²) in [6.07, 6.45) is 2.97. The Kier molecular flexibility index (Phi) is 5.33. The molecule has 1 saturated heterocycles. The Labute approximate surface area is 176 Å². The highest BCUT2D eigenvalue weighted by atomic mass is 16.2. The lowest BCUT2D eigenvalue weighted by Gasteiger charge is -2.29. The van der Waals surface area contributed by atoms with E-state index in [9.17, 15) is 9.59 Å². The minimum absolute atomic E-state index is 0.131. The van der Waals surface area contributed by atoms with E-state index in [-0.39, 0.29) is 6.04 Å². The highest BCUT2D eigenvalue weighted by Gasteiger charge is 2.32. The lowest BCUT2D eigenvalue weighted by molar-refractivity contribution is 0.207. The number of likely N-dealkylation sites (N-methyl/N-ethyl adjacent to an activating group) is 1. The van der Waals surface area contributed by atoms with Crippen LogP contribution < -0.4 is 22.0 Å². The molecule has 0 bridgehead atoms. The van der Waals surface area contributed by atoms with Crippen LogP contribution in [0.2, 0.25) is 0 Å². The Morgan fingerprint density at radius 2 is 2.03 bits per heavy atom. The van der Waals surface area contributed by atoms with Crippen molar-refractivity contribution in [3.05, 3.63) is 50.0 Å². The molecule has 2 unspecified atom stereocenters. The quantitative estimate of drug-likeness (QED) is 0.578. The molecular formula is C22H30N6O2. The summed E-state index contributed by atoms with van der Waals surface area (Å²) in [5.74, 6) is 6.29. The summed E-state index contributed by atoms with van der Waals surface area (Å²) in [5, 5.41) is 0.508. The standard InChI is InChI=1S/C22H30N6O2/c1-14-19(26-11-9-16(13-26)15(2)25(4)12-10-24-3)8-7-18-20(14)27(17-5-6-17)22(30)28(23)21(18)29/h7-8,15-17H,5-6,9-13,23H2,1-2,4H3. The van der Waals surface area contributed by atoms with Crippen molar-refractivity contribution in [3.63, 3.8) is 0 Å². The number of nitrogens with two attached hydrogens (primary N) is 1. The SMILES string of the molecule is [C-]#[N+]CCN(C)C(C)C1CCN(c2ccc3c(=O)n(N)c(=O)n(C4CC4)c3c2C)C1. The van der Waals surface area contributed by atoms with Crippen LogP contribution in [0, 0.1) is 19.4 Å². The van der Waals surface area contributed by atoms with Gasteiger partial charge in [0.05, 0.1) is 17.4 Å². The molecule has 2 fully saturated rings. The third-order valence-corrected chi connectivity index (χ3v) is 6.92. The normalized spacial score (nSPS) is 20.1. The van der Waals surface area contributed by atoms with Gasteiger partial charge in [-0.05, 0) is 63.8 Å². The van der Waals surface area contributed by atoms with Crippen LogP contribution in [-0.2, 0) is 0 Å². The third-order valence-electron chi connectivity index (χ3n) is 6.92. The van der Waals surface area contributed by atoms with Crippen LogP contribution in [0.25, 0.3) is 15.7 Å². The summed E-state index contributed by atoms with van der Waals surface area (Å²) in [7, 11) is 2.09. The van der Waals surface area contributed by atoms with Gasteiger partial charge in [-0.2, -0.15) is 4.68 Å². The fourth-order valence-corrected chi connectivity index (χ4v) is 4.79. The number of hydrogen-bond donors (Lipinski definition) is 1. The lowest BCUT2D eigenvalue weighted by Crippen LogP contribution is -2.44. The van der Waals surface area contributed by atoms with Crippen molar-refractivity contribution >= 4 is 16.6 Å². The molecule has 1 aliphatic carbocycles. The molecule has 1 saturated carbocycles. The van der Waals surface area contributed by atoms with Crippen molar-refractivity contribution < 1.29 is 0 Å².